The van der Waals surface area contributed by atoms with Gasteiger partial charge in [0.25, 0.3) is 0 Å². The molecular formula is C20H22O8. The Bertz CT molecular complexity index is 764. The van der Waals surface area contributed by atoms with E-state index in [1.807, 2.05) is 30.3 Å². The van der Waals surface area contributed by atoms with Gasteiger partial charge in [0.05, 0.1) is 12.2 Å². The number of carbonyl (C=O) groups excluding carboxylic acids is 1. The van der Waals surface area contributed by atoms with Gasteiger partial charge in [0.1, 0.15) is 30.7 Å². The van der Waals surface area contributed by atoms with E-state index in [-0.39, 0.29) is 5.56 Å². The Balaban J connectivity index is 1.61. The van der Waals surface area contributed by atoms with Crippen molar-refractivity contribution in [1.82, 2.24) is 0 Å². The highest BCUT2D eigenvalue weighted by molar-refractivity contribution is 5.89. The molecule has 0 aromatic heterocycles. The van der Waals surface area contributed by atoms with Crippen LogP contribution in [0.3, 0.4) is 0 Å². The van der Waals surface area contributed by atoms with Crippen molar-refractivity contribution in [3.05, 3.63) is 65.7 Å². The number of hydrogen-bond acceptors (Lipinski definition) is 8. The lowest BCUT2D eigenvalue weighted by Crippen LogP contribution is -2.59. The molecule has 1 unspecified atom stereocenters. The van der Waals surface area contributed by atoms with Crippen molar-refractivity contribution in [2.75, 3.05) is 6.61 Å². The highest BCUT2D eigenvalue weighted by atomic mass is 16.7. The second-order valence-electron chi connectivity index (χ2n) is 6.40. The van der Waals surface area contributed by atoms with Crippen molar-refractivity contribution < 1.29 is 39.4 Å². The number of carbonyl (C=O) groups is 1. The highest BCUT2D eigenvalue weighted by Crippen LogP contribution is 2.24. The van der Waals surface area contributed by atoms with Crippen molar-refractivity contribution in [2.45, 2.75) is 37.3 Å². The largest absolute Gasteiger partial charge is 0.489 e. The molecule has 150 valence electrons. The second-order valence-corrected chi connectivity index (χ2v) is 6.40. The van der Waals surface area contributed by atoms with Gasteiger partial charge < -0.3 is 34.6 Å². The summed E-state index contributed by atoms with van der Waals surface area (Å²) in [6.45, 7) is -0.224. The van der Waals surface area contributed by atoms with Crippen LogP contribution in [-0.2, 0) is 16.1 Å². The van der Waals surface area contributed by atoms with Crippen molar-refractivity contribution in [3.8, 4) is 5.75 Å². The molecule has 1 fully saturated rings. The minimum atomic E-state index is -1.69. The number of esters is 1. The van der Waals surface area contributed by atoms with Crippen LogP contribution in [-0.4, -0.2) is 63.7 Å². The molecule has 0 aliphatic carbocycles. The van der Waals surface area contributed by atoms with Crippen molar-refractivity contribution in [1.29, 1.82) is 0 Å². The van der Waals surface area contributed by atoms with Crippen LogP contribution in [0.2, 0.25) is 0 Å². The Morgan fingerprint density at radius 2 is 1.64 bits per heavy atom. The first kappa shape index (κ1) is 20.2. The lowest BCUT2D eigenvalue weighted by Gasteiger charge is -2.39. The maximum Gasteiger partial charge on any atom is 0.338 e. The topological polar surface area (TPSA) is 126 Å². The molecule has 0 spiro atoms. The number of hydrogen-bond donors (Lipinski definition) is 4. The van der Waals surface area contributed by atoms with Crippen molar-refractivity contribution in [3.63, 3.8) is 0 Å². The van der Waals surface area contributed by atoms with Crippen molar-refractivity contribution in [2.24, 2.45) is 0 Å². The summed E-state index contributed by atoms with van der Waals surface area (Å²) in [7, 11) is 0. The van der Waals surface area contributed by atoms with E-state index in [2.05, 4.69) is 0 Å². The van der Waals surface area contributed by atoms with E-state index in [4.69, 9.17) is 19.3 Å². The zero-order valence-electron chi connectivity index (χ0n) is 14.9. The molecule has 0 amide bonds. The summed E-state index contributed by atoms with van der Waals surface area (Å²) in [4.78, 5) is 12.3. The van der Waals surface area contributed by atoms with Gasteiger partial charge in [-0.25, -0.2) is 4.79 Å². The van der Waals surface area contributed by atoms with Crippen LogP contribution in [0.25, 0.3) is 0 Å². The summed E-state index contributed by atoms with van der Waals surface area (Å²) in [5.74, 6) is -0.245. The van der Waals surface area contributed by atoms with E-state index in [0.717, 1.165) is 5.56 Å². The Morgan fingerprint density at radius 3 is 2.29 bits per heavy atom. The molecule has 1 heterocycles. The normalized spacial score (nSPS) is 27.2. The zero-order chi connectivity index (χ0) is 20.1. The quantitative estimate of drug-likeness (QED) is 0.516. The molecule has 2 aromatic carbocycles. The molecule has 1 saturated heterocycles. The van der Waals surface area contributed by atoms with E-state index in [9.17, 15) is 20.1 Å². The molecule has 0 radical (unpaired) electrons. The molecule has 2 aromatic rings. The smallest absolute Gasteiger partial charge is 0.338 e. The molecule has 1 aliphatic rings. The minimum absolute atomic E-state index is 0.174. The van der Waals surface area contributed by atoms with Gasteiger partial charge in [-0.1, -0.05) is 30.3 Å². The summed E-state index contributed by atoms with van der Waals surface area (Å²) >= 11 is 0. The molecule has 1 aliphatic heterocycles. The predicted molar refractivity (Wildman–Crippen MR) is 96.4 cm³/mol. The monoisotopic (exact) mass is 390 g/mol. The first-order valence-corrected chi connectivity index (χ1v) is 8.78. The second kappa shape index (κ2) is 9.13. The molecule has 5 atom stereocenters. The average molecular weight is 390 g/mol. The molecule has 28 heavy (non-hydrogen) atoms. The Kier molecular flexibility index (Phi) is 6.61. The van der Waals surface area contributed by atoms with Gasteiger partial charge in [0.15, 0.2) is 12.4 Å². The van der Waals surface area contributed by atoms with Crippen LogP contribution in [0.15, 0.2) is 54.6 Å². The highest BCUT2D eigenvalue weighted by Gasteiger charge is 2.46. The number of benzene rings is 2. The summed E-state index contributed by atoms with van der Waals surface area (Å²) in [5.41, 5.74) is 1.18. The summed E-state index contributed by atoms with van der Waals surface area (Å²) in [6, 6.07) is 15.8. The fourth-order valence-corrected chi connectivity index (χ4v) is 2.83. The Hall–Kier alpha value is -2.49. The first-order chi connectivity index (χ1) is 13.5. The van der Waals surface area contributed by atoms with Crippen LogP contribution in [0.1, 0.15) is 15.9 Å². The fraction of sp³-hybridized carbons (Fsp3) is 0.350. The van der Waals surface area contributed by atoms with Crippen LogP contribution in [0.4, 0.5) is 0 Å². The van der Waals surface area contributed by atoms with Gasteiger partial charge in [-0.15, -0.1) is 0 Å². The third-order valence-corrected chi connectivity index (χ3v) is 4.42. The van der Waals surface area contributed by atoms with Gasteiger partial charge in [-0.2, -0.15) is 0 Å². The van der Waals surface area contributed by atoms with Gasteiger partial charge in [-0.05, 0) is 29.8 Å². The van der Waals surface area contributed by atoms with Crippen LogP contribution in [0.5, 0.6) is 5.75 Å². The molecule has 8 nitrogen and oxygen atoms in total. The minimum Gasteiger partial charge on any atom is -0.489 e. The van der Waals surface area contributed by atoms with Gasteiger partial charge in [-0.3, -0.25) is 0 Å². The summed E-state index contributed by atoms with van der Waals surface area (Å²) in [5, 5.41) is 38.8. The number of aliphatic hydroxyl groups excluding tert-OH is 4. The summed E-state index contributed by atoms with van der Waals surface area (Å²) in [6.07, 6.45) is -7.43. The van der Waals surface area contributed by atoms with Crippen LogP contribution >= 0.6 is 0 Å². The molecule has 0 saturated carbocycles. The zero-order valence-corrected chi connectivity index (χ0v) is 14.9. The average Bonchev–Trinajstić information content (AvgIpc) is 2.73. The fourth-order valence-electron chi connectivity index (χ4n) is 2.83. The molecule has 0 bridgehead atoms. The van der Waals surface area contributed by atoms with Crippen LogP contribution in [0, 0.1) is 0 Å². The molecule has 8 heteroatoms. The van der Waals surface area contributed by atoms with E-state index in [1.165, 1.54) is 12.1 Å². The molecule has 4 N–H and O–H groups in total. The Morgan fingerprint density at radius 1 is 0.964 bits per heavy atom. The lowest BCUT2D eigenvalue weighted by molar-refractivity contribution is -0.285. The first-order valence-electron chi connectivity index (χ1n) is 8.78. The van der Waals surface area contributed by atoms with Crippen LogP contribution < -0.4 is 4.74 Å². The maximum absolute atomic E-state index is 12.3. The molecular weight excluding hydrogens is 368 g/mol. The standard InChI is InChI=1S/C20H22O8/c21-10-15-16(22)18(17(23)20(25)27-15)28-19(24)13-6-8-14(9-7-13)26-11-12-4-2-1-3-5-12/h1-9,15-18,20-23,25H,10-11H2/t15-,16-,17-,18+,20?/m1/s1. The van der Waals surface area contributed by atoms with Gasteiger partial charge in [0.2, 0.25) is 0 Å². The van der Waals surface area contributed by atoms with E-state index in [1.54, 1.807) is 12.1 Å². The number of ether oxygens (including phenoxy) is 3. The van der Waals surface area contributed by atoms with Gasteiger partial charge in [0, 0.05) is 0 Å². The third-order valence-electron chi connectivity index (χ3n) is 4.42. The predicted octanol–water partition coefficient (Wildman–Crippen LogP) is 0.222. The van der Waals surface area contributed by atoms with E-state index in [0.29, 0.717) is 12.4 Å². The maximum atomic E-state index is 12.3. The van der Waals surface area contributed by atoms with E-state index < -0.39 is 43.3 Å². The number of rotatable bonds is 6. The third kappa shape index (κ3) is 4.67. The summed E-state index contributed by atoms with van der Waals surface area (Å²) < 4.78 is 15.6. The Labute approximate surface area is 161 Å². The van der Waals surface area contributed by atoms with Gasteiger partial charge >= 0.3 is 5.97 Å². The lowest BCUT2D eigenvalue weighted by atomic mass is 9.99. The van der Waals surface area contributed by atoms with Crippen molar-refractivity contribution >= 4 is 5.97 Å². The molecule has 3 rings (SSSR count). The number of aliphatic hydroxyl groups is 4. The SMILES string of the molecule is O=C(O[C@H]1[C@H](O)[C@@H](CO)OC(O)[C@@H]1O)c1ccc(OCc2ccccc2)cc1. The van der Waals surface area contributed by atoms with E-state index >= 15 is 0 Å².